The number of pyridine rings is 2. The maximum atomic E-state index is 13.2. The number of hydrogen-bond donors (Lipinski definition) is 2. The van der Waals surface area contributed by atoms with Gasteiger partial charge in [-0.05, 0) is 74.9 Å². The van der Waals surface area contributed by atoms with Gasteiger partial charge in [0.2, 0.25) is 5.91 Å². The van der Waals surface area contributed by atoms with Crippen LogP contribution in [0.2, 0.25) is 0 Å². The lowest BCUT2D eigenvalue weighted by atomic mass is 9.99. The second-order valence-corrected chi connectivity index (χ2v) is 13.2. The number of likely N-dealkylation sites (N-methyl/N-ethyl adjacent to an activating group) is 2. The van der Waals surface area contributed by atoms with E-state index in [0.29, 0.717) is 5.82 Å². The third-order valence-electron chi connectivity index (χ3n) is 9.02. The number of thiophene rings is 1. The maximum Gasteiger partial charge on any atom is 0.261 e. The number of piperazine rings is 1. The van der Waals surface area contributed by atoms with Crippen LogP contribution >= 0.6 is 11.3 Å². The Kier molecular flexibility index (Phi) is 7.52. The molecule has 11 heteroatoms. The molecule has 2 saturated heterocycles. The highest BCUT2D eigenvalue weighted by Crippen LogP contribution is 2.31. The molecule has 0 bridgehead atoms. The molecular formula is C32H38N8O2S. The Bertz CT molecular complexity index is 1620. The first-order chi connectivity index (χ1) is 20.9. The minimum absolute atomic E-state index is 0.0564. The number of aryl methyl sites for hydroxylation is 2. The number of nitrogens with one attached hydrogen (secondary N) is 2. The van der Waals surface area contributed by atoms with Gasteiger partial charge in [0.15, 0.2) is 5.65 Å². The van der Waals surface area contributed by atoms with Crippen LogP contribution < -0.4 is 15.5 Å². The van der Waals surface area contributed by atoms with Crippen molar-refractivity contribution in [2.75, 3.05) is 50.5 Å². The summed E-state index contributed by atoms with van der Waals surface area (Å²) in [7, 11) is 3.83. The summed E-state index contributed by atoms with van der Waals surface area (Å²) in [6, 6.07) is 7.89. The maximum absolute atomic E-state index is 13.2. The van der Waals surface area contributed by atoms with Crippen molar-refractivity contribution in [3.8, 4) is 0 Å². The summed E-state index contributed by atoms with van der Waals surface area (Å²) < 4.78 is 2.02. The van der Waals surface area contributed by atoms with Gasteiger partial charge in [-0.2, -0.15) is 0 Å². The topological polar surface area (TPSA) is 98.1 Å². The van der Waals surface area contributed by atoms with Crippen LogP contribution in [-0.4, -0.2) is 82.3 Å². The largest absolute Gasteiger partial charge is 0.368 e. The predicted octanol–water partition coefficient (Wildman–Crippen LogP) is 4.26. The van der Waals surface area contributed by atoms with Crippen molar-refractivity contribution in [1.29, 1.82) is 0 Å². The summed E-state index contributed by atoms with van der Waals surface area (Å²) in [6.07, 6.45) is 14.2. The smallest absolute Gasteiger partial charge is 0.261 e. The molecular weight excluding hydrogens is 560 g/mol. The Morgan fingerprint density at radius 2 is 1.93 bits per heavy atom. The van der Waals surface area contributed by atoms with E-state index in [1.165, 1.54) is 23.3 Å². The Morgan fingerprint density at radius 1 is 1.05 bits per heavy atom. The van der Waals surface area contributed by atoms with E-state index in [-0.39, 0.29) is 23.9 Å². The molecule has 2 fully saturated rings. The standard InChI is InChI=1S/C32H38N8O2S/c1-37-14-15-38(2)32(42)29(37)22-9-10-28(34-18-22)36-25-17-24(20-40-13-11-33-30(25)40)39-12-5-7-23(19-39)35-31(41)27-16-21-6-3-4-8-26(21)43-27/h9-11,13,16-18,20,23,29H,3-8,12,14-15,19H2,1-2H3,(H,34,36)(H,35,41)/t23-,29+/m0/s1. The van der Waals surface area contributed by atoms with Gasteiger partial charge in [-0.1, -0.05) is 6.07 Å². The van der Waals surface area contributed by atoms with E-state index in [2.05, 4.69) is 48.7 Å². The summed E-state index contributed by atoms with van der Waals surface area (Å²) in [6.45, 7) is 3.23. The van der Waals surface area contributed by atoms with E-state index < -0.39 is 0 Å². The van der Waals surface area contributed by atoms with Gasteiger partial charge in [-0.25, -0.2) is 9.97 Å². The van der Waals surface area contributed by atoms with Crippen LogP contribution in [0.15, 0.2) is 49.1 Å². The zero-order chi connectivity index (χ0) is 29.5. The van der Waals surface area contributed by atoms with Gasteiger partial charge >= 0.3 is 0 Å². The number of nitrogens with zero attached hydrogens (tertiary/aromatic N) is 6. The van der Waals surface area contributed by atoms with E-state index in [4.69, 9.17) is 0 Å². The number of rotatable bonds is 6. The molecule has 4 aromatic rings. The Hall–Kier alpha value is -3.96. The summed E-state index contributed by atoms with van der Waals surface area (Å²) >= 11 is 1.67. The van der Waals surface area contributed by atoms with Gasteiger partial charge in [0, 0.05) is 68.9 Å². The minimum atomic E-state index is -0.319. The molecule has 1 aliphatic carbocycles. The van der Waals surface area contributed by atoms with E-state index in [9.17, 15) is 9.59 Å². The summed E-state index contributed by atoms with van der Waals surface area (Å²) in [4.78, 5) is 43.7. The number of imidazole rings is 1. The average Bonchev–Trinajstić information content (AvgIpc) is 3.68. The first-order valence-electron chi connectivity index (χ1n) is 15.3. The Labute approximate surface area is 255 Å². The van der Waals surface area contributed by atoms with Crippen molar-refractivity contribution in [2.24, 2.45) is 0 Å². The molecule has 2 amide bonds. The molecule has 0 unspecified atom stereocenters. The molecule has 2 aliphatic heterocycles. The fourth-order valence-electron chi connectivity index (χ4n) is 6.59. The molecule has 10 nitrogen and oxygen atoms in total. The van der Waals surface area contributed by atoms with Gasteiger partial charge in [-0.3, -0.25) is 14.5 Å². The van der Waals surface area contributed by atoms with Crippen LogP contribution in [0.25, 0.3) is 5.65 Å². The van der Waals surface area contributed by atoms with E-state index in [0.717, 1.165) is 79.3 Å². The van der Waals surface area contributed by atoms with Crippen molar-refractivity contribution in [2.45, 2.75) is 50.6 Å². The highest BCUT2D eigenvalue weighted by atomic mass is 32.1. The third kappa shape index (κ3) is 5.59. The van der Waals surface area contributed by atoms with E-state index in [1.807, 2.05) is 36.8 Å². The first-order valence-corrected chi connectivity index (χ1v) is 16.1. The zero-order valence-electron chi connectivity index (χ0n) is 24.8. The fraction of sp³-hybridized carbons (Fsp3) is 0.438. The van der Waals surface area contributed by atoms with Crippen LogP contribution in [0.1, 0.15) is 57.4 Å². The molecule has 224 valence electrons. The first kappa shape index (κ1) is 27.8. The number of hydrogen-bond acceptors (Lipinski definition) is 8. The number of aromatic nitrogens is 3. The van der Waals surface area contributed by atoms with E-state index >= 15 is 0 Å². The number of carbonyl (C=O) groups excluding carboxylic acids is 2. The highest BCUT2D eigenvalue weighted by Gasteiger charge is 2.32. The minimum Gasteiger partial charge on any atom is -0.368 e. The summed E-state index contributed by atoms with van der Waals surface area (Å²) in [5, 5.41) is 6.79. The molecule has 6 heterocycles. The molecule has 2 atom stereocenters. The lowest BCUT2D eigenvalue weighted by Crippen LogP contribution is -2.49. The van der Waals surface area contributed by atoms with E-state index in [1.54, 1.807) is 28.6 Å². The van der Waals surface area contributed by atoms with Crippen molar-refractivity contribution in [3.63, 3.8) is 0 Å². The molecule has 0 radical (unpaired) electrons. The lowest BCUT2D eigenvalue weighted by Gasteiger charge is -2.36. The normalized spacial score (nSPS) is 21.2. The molecule has 0 aromatic carbocycles. The summed E-state index contributed by atoms with van der Waals surface area (Å²) in [5.74, 6) is 0.835. The third-order valence-corrected chi connectivity index (χ3v) is 10.3. The monoisotopic (exact) mass is 598 g/mol. The van der Waals surface area contributed by atoms with Crippen LogP contribution in [0, 0.1) is 0 Å². The molecule has 3 aliphatic rings. The van der Waals surface area contributed by atoms with Gasteiger partial charge < -0.3 is 24.8 Å². The number of piperidine rings is 1. The molecule has 43 heavy (non-hydrogen) atoms. The van der Waals surface area contributed by atoms with Crippen LogP contribution in [0.5, 0.6) is 0 Å². The lowest BCUT2D eigenvalue weighted by molar-refractivity contribution is -0.139. The van der Waals surface area contributed by atoms with Crippen molar-refractivity contribution < 1.29 is 9.59 Å². The van der Waals surface area contributed by atoms with Crippen LogP contribution in [0.3, 0.4) is 0 Å². The molecule has 4 aromatic heterocycles. The quantitative estimate of drug-likeness (QED) is 0.342. The molecule has 2 N–H and O–H groups in total. The number of amides is 2. The van der Waals surface area contributed by atoms with Crippen LogP contribution in [0.4, 0.5) is 17.2 Å². The molecule has 0 saturated carbocycles. The predicted molar refractivity (Wildman–Crippen MR) is 169 cm³/mol. The van der Waals surface area contributed by atoms with Crippen LogP contribution in [-0.2, 0) is 17.6 Å². The zero-order valence-corrected chi connectivity index (χ0v) is 25.6. The number of anilines is 3. The summed E-state index contributed by atoms with van der Waals surface area (Å²) in [5.41, 5.74) is 4.97. The highest BCUT2D eigenvalue weighted by molar-refractivity contribution is 7.14. The molecule has 7 rings (SSSR count). The van der Waals surface area contributed by atoms with Crippen molar-refractivity contribution in [3.05, 3.63) is 69.9 Å². The van der Waals surface area contributed by atoms with Crippen molar-refractivity contribution >= 4 is 46.0 Å². The average molecular weight is 599 g/mol. The Morgan fingerprint density at radius 3 is 2.77 bits per heavy atom. The number of fused-ring (bicyclic) bond motifs is 2. The molecule has 0 spiro atoms. The van der Waals surface area contributed by atoms with Gasteiger partial charge in [0.05, 0.1) is 16.3 Å². The second-order valence-electron chi connectivity index (χ2n) is 12.0. The Balaban J connectivity index is 1.07. The number of carbonyl (C=O) groups is 2. The van der Waals surface area contributed by atoms with Gasteiger partial charge in [0.1, 0.15) is 11.9 Å². The SMILES string of the molecule is CN1CCN(C)[C@H](c2ccc(Nc3cc(N4CCC[C@H](NC(=O)c5cc6c(s5)CCCC6)C4)cn4ccnc34)nc2)C1=O. The van der Waals surface area contributed by atoms with Gasteiger partial charge in [0.25, 0.3) is 5.91 Å². The van der Waals surface area contributed by atoms with Gasteiger partial charge in [-0.15, -0.1) is 11.3 Å². The second kappa shape index (κ2) is 11.6. The van der Waals surface area contributed by atoms with Crippen molar-refractivity contribution in [1.82, 2.24) is 29.5 Å². The fourth-order valence-corrected chi connectivity index (χ4v) is 7.75.